The van der Waals surface area contributed by atoms with Crippen LogP contribution in [-0.4, -0.2) is 23.5 Å². The zero-order valence-electron chi connectivity index (χ0n) is 13.6. The average molecular weight is 340 g/mol. The summed E-state index contributed by atoms with van der Waals surface area (Å²) in [4.78, 5) is 11.2. The van der Waals surface area contributed by atoms with Crippen molar-refractivity contribution in [1.82, 2.24) is 0 Å². The Morgan fingerprint density at radius 1 is 1.08 bits per heavy atom. The van der Waals surface area contributed by atoms with Gasteiger partial charge in [0.2, 0.25) is 0 Å². The van der Waals surface area contributed by atoms with Gasteiger partial charge in [-0.25, -0.2) is 0 Å². The Balaban J connectivity index is 2.12. The van der Waals surface area contributed by atoms with Crippen molar-refractivity contribution in [2.45, 2.75) is 19.1 Å². The summed E-state index contributed by atoms with van der Waals surface area (Å²) >= 11 is 0. The predicted molar refractivity (Wildman–Crippen MR) is 96.2 cm³/mol. The van der Waals surface area contributed by atoms with Crippen molar-refractivity contribution in [2.24, 2.45) is 21.9 Å². The fraction of sp³-hybridized carbons (Fsp3) is 0.167. The largest absolute Gasteiger partial charge is 0.481 e. The number of ether oxygens (including phenoxy) is 1. The molecule has 2 aromatic rings. The molecule has 0 aliphatic carbocycles. The Bertz CT molecular complexity index is 757. The average Bonchev–Trinajstić information content (AvgIpc) is 2.60. The van der Waals surface area contributed by atoms with Crippen LogP contribution in [0.3, 0.4) is 0 Å². The maximum Gasteiger partial charge on any atom is 0.306 e. The lowest BCUT2D eigenvalue weighted by Crippen LogP contribution is -2.11. The highest BCUT2D eigenvalue weighted by molar-refractivity contribution is 5.80. The van der Waals surface area contributed by atoms with Crippen molar-refractivity contribution in [3.05, 3.63) is 70.8 Å². The van der Waals surface area contributed by atoms with Gasteiger partial charge < -0.3 is 21.5 Å². The van der Waals surface area contributed by atoms with Crippen molar-refractivity contribution in [3.8, 4) is 0 Å². The molecule has 1 atom stereocenters. The monoisotopic (exact) mass is 340 g/mol. The lowest BCUT2D eigenvalue weighted by atomic mass is 10.0. The van der Waals surface area contributed by atoms with Crippen LogP contribution in [0.15, 0.2) is 58.7 Å². The van der Waals surface area contributed by atoms with E-state index < -0.39 is 12.1 Å². The van der Waals surface area contributed by atoms with E-state index in [1.165, 1.54) is 6.21 Å². The van der Waals surface area contributed by atoms with Crippen LogP contribution in [0.2, 0.25) is 0 Å². The summed E-state index contributed by atoms with van der Waals surface area (Å²) in [5.41, 5.74) is 3.34. The van der Waals surface area contributed by atoms with Gasteiger partial charge in [-0.2, -0.15) is 10.2 Å². The van der Waals surface area contributed by atoms with Gasteiger partial charge in [-0.05, 0) is 28.3 Å². The summed E-state index contributed by atoms with van der Waals surface area (Å²) in [6.07, 6.45) is 2.33. The number of rotatable bonds is 8. The van der Waals surface area contributed by atoms with Crippen LogP contribution >= 0.6 is 0 Å². The van der Waals surface area contributed by atoms with E-state index in [-0.39, 0.29) is 13.0 Å². The van der Waals surface area contributed by atoms with E-state index in [4.69, 9.17) is 21.5 Å². The first-order valence-electron chi connectivity index (χ1n) is 7.61. The third kappa shape index (κ3) is 5.74. The molecular weight excluding hydrogens is 320 g/mol. The Kier molecular flexibility index (Phi) is 6.67. The molecule has 1 unspecified atom stereocenters. The van der Waals surface area contributed by atoms with E-state index >= 15 is 0 Å². The molecule has 0 saturated carbocycles. The Labute approximate surface area is 145 Å². The summed E-state index contributed by atoms with van der Waals surface area (Å²) in [6.45, 7) is 0.285. The number of hydrazone groups is 2. The SMILES string of the molecule is NN=Cc1ccc(COC(CC(=O)O)c2cccc(C=NN)c2)cc1. The van der Waals surface area contributed by atoms with E-state index in [2.05, 4.69) is 10.2 Å². The Hall–Kier alpha value is -3.19. The molecule has 0 fully saturated rings. The van der Waals surface area contributed by atoms with Gasteiger partial charge in [-0.3, -0.25) is 4.79 Å². The van der Waals surface area contributed by atoms with Gasteiger partial charge in [0.15, 0.2) is 0 Å². The van der Waals surface area contributed by atoms with Gasteiger partial charge in [0.05, 0.1) is 31.6 Å². The number of carbonyl (C=O) groups is 1. The van der Waals surface area contributed by atoms with Crippen LogP contribution < -0.4 is 11.7 Å². The first-order valence-corrected chi connectivity index (χ1v) is 7.61. The van der Waals surface area contributed by atoms with E-state index in [9.17, 15) is 4.79 Å². The number of hydrogen-bond acceptors (Lipinski definition) is 6. The second-order valence-corrected chi connectivity index (χ2v) is 5.37. The molecule has 0 radical (unpaired) electrons. The molecule has 0 aliphatic heterocycles. The standard InChI is InChI=1S/C18H20N4O3/c19-21-10-13-4-6-14(7-5-13)12-25-17(9-18(23)24)16-3-1-2-15(8-16)11-22-20/h1-8,10-11,17H,9,12,19-20H2,(H,23,24). The molecule has 0 spiro atoms. The van der Waals surface area contributed by atoms with Gasteiger partial charge in [-0.1, -0.05) is 42.5 Å². The van der Waals surface area contributed by atoms with Crippen LogP contribution in [0.4, 0.5) is 0 Å². The minimum atomic E-state index is -0.933. The van der Waals surface area contributed by atoms with Crippen LogP contribution in [0.5, 0.6) is 0 Å². The minimum absolute atomic E-state index is 0.138. The molecule has 0 aliphatic rings. The number of hydrogen-bond donors (Lipinski definition) is 3. The van der Waals surface area contributed by atoms with Crippen molar-refractivity contribution in [1.29, 1.82) is 0 Å². The van der Waals surface area contributed by atoms with Gasteiger partial charge in [-0.15, -0.1) is 0 Å². The van der Waals surface area contributed by atoms with Crippen LogP contribution in [0.25, 0.3) is 0 Å². The highest BCUT2D eigenvalue weighted by atomic mass is 16.5. The molecule has 130 valence electrons. The normalized spacial score (nSPS) is 12.6. The summed E-state index contributed by atoms with van der Waals surface area (Å²) in [6, 6.07) is 14.8. The van der Waals surface area contributed by atoms with Crippen molar-refractivity contribution in [2.75, 3.05) is 0 Å². The van der Waals surface area contributed by atoms with Crippen molar-refractivity contribution >= 4 is 18.4 Å². The van der Waals surface area contributed by atoms with Crippen LogP contribution in [-0.2, 0) is 16.1 Å². The second-order valence-electron chi connectivity index (χ2n) is 5.37. The number of carboxylic acids is 1. The highest BCUT2D eigenvalue weighted by Crippen LogP contribution is 2.23. The molecule has 25 heavy (non-hydrogen) atoms. The smallest absolute Gasteiger partial charge is 0.306 e. The number of nitrogens with zero attached hydrogens (tertiary/aromatic N) is 2. The second kappa shape index (κ2) is 9.19. The zero-order chi connectivity index (χ0) is 18.1. The number of benzene rings is 2. The van der Waals surface area contributed by atoms with E-state index in [1.54, 1.807) is 6.21 Å². The minimum Gasteiger partial charge on any atom is -0.481 e. The summed E-state index contributed by atoms with van der Waals surface area (Å²) in [5.74, 6) is 9.34. The Morgan fingerprint density at radius 3 is 2.40 bits per heavy atom. The quantitative estimate of drug-likeness (QED) is 0.385. The lowest BCUT2D eigenvalue weighted by Gasteiger charge is -2.17. The van der Waals surface area contributed by atoms with Gasteiger partial charge in [0.25, 0.3) is 0 Å². The third-order valence-corrected chi connectivity index (χ3v) is 3.52. The summed E-state index contributed by atoms with van der Waals surface area (Å²) in [5, 5.41) is 16.1. The molecule has 2 rings (SSSR count). The lowest BCUT2D eigenvalue weighted by molar-refractivity contribution is -0.140. The molecule has 0 heterocycles. The van der Waals surface area contributed by atoms with Gasteiger partial charge in [0.1, 0.15) is 0 Å². The fourth-order valence-corrected chi connectivity index (χ4v) is 2.34. The molecule has 2 aromatic carbocycles. The number of aliphatic carboxylic acids is 1. The van der Waals surface area contributed by atoms with Crippen LogP contribution in [0, 0.1) is 0 Å². The van der Waals surface area contributed by atoms with E-state index in [0.717, 1.165) is 22.3 Å². The van der Waals surface area contributed by atoms with Crippen LogP contribution in [0.1, 0.15) is 34.8 Å². The molecule has 0 amide bonds. The maximum absolute atomic E-state index is 11.2. The summed E-state index contributed by atoms with van der Waals surface area (Å²) < 4.78 is 5.84. The van der Waals surface area contributed by atoms with E-state index in [0.29, 0.717) is 0 Å². The maximum atomic E-state index is 11.2. The first-order chi connectivity index (χ1) is 12.1. The molecule has 0 bridgehead atoms. The molecule has 7 heteroatoms. The number of carboxylic acid groups (broad SMARTS) is 1. The van der Waals surface area contributed by atoms with Crippen molar-refractivity contribution < 1.29 is 14.6 Å². The van der Waals surface area contributed by atoms with Gasteiger partial charge >= 0.3 is 5.97 Å². The van der Waals surface area contributed by atoms with Crippen molar-refractivity contribution in [3.63, 3.8) is 0 Å². The predicted octanol–water partition coefficient (Wildman–Crippen LogP) is 2.00. The highest BCUT2D eigenvalue weighted by Gasteiger charge is 2.16. The zero-order valence-corrected chi connectivity index (χ0v) is 13.6. The fourth-order valence-electron chi connectivity index (χ4n) is 2.34. The third-order valence-electron chi connectivity index (χ3n) is 3.52. The molecule has 0 saturated heterocycles. The first kappa shape index (κ1) is 18.2. The van der Waals surface area contributed by atoms with E-state index in [1.807, 2.05) is 48.5 Å². The Morgan fingerprint density at radius 2 is 1.76 bits per heavy atom. The molecule has 5 N–H and O–H groups in total. The molecule has 7 nitrogen and oxygen atoms in total. The van der Waals surface area contributed by atoms with Gasteiger partial charge in [0, 0.05) is 0 Å². The number of nitrogens with two attached hydrogens (primary N) is 2. The summed E-state index contributed by atoms with van der Waals surface area (Å²) in [7, 11) is 0. The topological polar surface area (TPSA) is 123 Å². The molecule has 0 aromatic heterocycles. The molecular formula is C18H20N4O3.